The number of rotatable bonds is 3. The molecule has 0 aliphatic heterocycles. The second-order valence-electron chi connectivity index (χ2n) is 4.89. The van der Waals surface area contributed by atoms with Crippen LogP contribution in [0.15, 0.2) is 6.20 Å². The maximum Gasteiger partial charge on any atom is 0.248 e. The van der Waals surface area contributed by atoms with Crippen LogP contribution in [-0.2, 0) is 11.3 Å². The third kappa shape index (κ3) is 3.05. The quantitative estimate of drug-likeness (QED) is 0.871. The number of aromatic amines is 1. The summed E-state index contributed by atoms with van der Waals surface area (Å²) in [5, 5.41) is 9.30. The minimum Gasteiger partial charge on any atom is -0.352 e. The lowest BCUT2D eigenvalue weighted by molar-refractivity contribution is -0.132. The van der Waals surface area contributed by atoms with Gasteiger partial charge in [-0.2, -0.15) is 5.10 Å². The summed E-state index contributed by atoms with van der Waals surface area (Å²) in [5.74, 6) is -3.54. The van der Waals surface area contributed by atoms with Crippen molar-refractivity contribution in [2.75, 3.05) is 0 Å². The second kappa shape index (κ2) is 5.04. The van der Waals surface area contributed by atoms with Crippen LogP contribution in [0, 0.1) is 12.8 Å². The van der Waals surface area contributed by atoms with Crippen LogP contribution in [0.1, 0.15) is 36.9 Å². The Balaban J connectivity index is 1.86. The predicted octanol–water partition coefficient (Wildman–Crippen LogP) is 2.16. The first-order chi connectivity index (χ1) is 8.48. The molecule has 4 nitrogen and oxygen atoms in total. The first kappa shape index (κ1) is 13.0. The number of nitrogens with one attached hydrogen (secondary N) is 2. The lowest BCUT2D eigenvalue weighted by Gasteiger charge is -2.27. The summed E-state index contributed by atoms with van der Waals surface area (Å²) < 4.78 is 26.4. The van der Waals surface area contributed by atoms with Crippen molar-refractivity contribution >= 4 is 5.91 Å². The van der Waals surface area contributed by atoms with Crippen LogP contribution >= 0.6 is 0 Å². The fraction of sp³-hybridized carbons (Fsp3) is 0.667. The number of nitrogens with zero attached hydrogens (tertiary/aromatic N) is 1. The fourth-order valence-corrected chi connectivity index (χ4v) is 2.28. The number of hydrogen-bond acceptors (Lipinski definition) is 2. The lowest BCUT2D eigenvalue weighted by atomic mass is 9.86. The molecule has 1 aliphatic rings. The minimum atomic E-state index is -2.69. The maximum atomic E-state index is 13.2. The number of aromatic nitrogens is 2. The molecule has 18 heavy (non-hydrogen) atoms. The molecule has 1 heterocycles. The normalized spacial score (nSPS) is 22.7. The number of H-pyrrole nitrogens is 1. The molecule has 1 atom stereocenters. The molecule has 1 amide bonds. The van der Waals surface area contributed by atoms with Gasteiger partial charge >= 0.3 is 0 Å². The molecule has 1 aliphatic carbocycles. The van der Waals surface area contributed by atoms with E-state index < -0.39 is 11.8 Å². The molecule has 0 radical (unpaired) electrons. The summed E-state index contributed by atoms with van der Waals surface area (Å²) in [5.41, 5.74) is 1.76. The molecule has 6 heteroatoms. The van der Waals surface area contributed by atoms with Crippen molar-refractivity contribution in [2.45, 2.75) is 45.1 Å². The van der Waals surface area contributed by atoms with Crippen molar-refractivity contribution in [1.82, 2.24) is 15.5 Å². The zero-order valence-corrected chi connectivity index (χ0v) is 10.3. The van der Waals surface area contributed by atoms with Crippen molar-refractivity contribution in [3.05, 3.63) is 17.5 Å². The Kier molecular flexibility index (Phi) is 3.63. The van der Waals surface area contributed by atoms with E-state index in [9.17, 15) is 13.6 Å². The Morgan fingerprint density at radius 3 is 3.06 bits per heavy atom. The maximum absolute atomic E-state index is 13.2. The molecule has 0 spiro atoms. The number of hydrogen-bond donors (Lipinski definition) is 2. The van der Waals surface area contributed by atoms with E-state index in [-0.39, 0.29) is 18.7 Å². The molecule has 1 fully saturated rings. The summed E-state index contributed by atoms with van der Waals surface area (Å²) in [6, 6.07) is 0. The first-order valence-electron chi connectivity index (χ1n) is 6.12. The van der Waals surface area contributed by atoms with Gasteiger partial charge in [0.05, 0.1) is 6.20 Å². The number of carbonyl (C=O) groups excluding carboxylic acids is 1. The average Bonchev–Trinajstić information content (AvgIpc) is 2.70. The van der Waals surface area contributed by atoms with Crippen LogP contribution < -0.4 is 5.32 Å². The molecule has 1 unspecified atom stereocenters. The van der Waals surface area contributed by atoms with Gasteiger partial charge in [0.15, 0.2) is 0 Å². The highest BCUT2D eigenvalue weighted by molar-refractivity contribution is 5.78. The summed E-state index contributed by atoms with van der Waals surface area (Å²) in [4.78, 5) is 11.8. The third-order valence-corrected chi connectivity index (χ3v) is 3.40. The van der Waals surface area contributed by atoms with Gasteiger partial charge in [-0.05, 0) is 19.8 Å². The lowest BCUT2D eigenvalue weighted by Crippen LogP contribution is -2.37. The highest BCUT2D eigenvalue weighted by Crippen LogP contribution is 2.36. The Morgan fingerprint density at radius 1 is 1.67 bits per heavy atom. The highest BCUT2D eigenvalue weighted by Gasteiger charge is 2.38. The van der Waals surface area contributed by atoms with E-state index in [0.717, 1.165) is 11.3 Å². The van der Waals surface area contributed by atoms with E-state index in [4.69, 9.17) is 0 Å². The summed E-state index contributed by atoms with van der Waals surface area (Å²) in [6.45, 7) is 2.19. The topological polar surface area (TPSA) is 57.8 Å². The number of halogens is 2. The fourth-order valence-electron chi connectivity index (χ4n) is 2.28. The minimum absolute atomic E-state index is 0.0996. The zero-order valence-electron chi connectivity index (χ0n) is 10.3. The average molecular weight is 257 g/mol. The Morgan fingerprint density at radius 2 is 2.44 bits per heavy atom. The molecule has 0 saturated heterocycles. The van der Waals surface area contributed by atoms with Crippen molar-refractivity contribution in [2.24, 2.45) is 5.92 Å². The van der Waals surface area contributed by atoms with Crippen LogP contribution in [0.5, 0.6) is 0 Å². The van der Waals surface area contributed by atoms with E-state index in [1.807, 2.05) is 6.92 Å². The van der Waals surface area contributed by atoms with Crippen LogP contribution in [0.3, 0.4) is 0 Å². The molecular weight excluding hydrogens is 240 g/mol. The Labute approximate surface area is 104 Å². The van der Waals surface area contributed by atoms with Crippen molar-refractivity contribution < 1.29 is 13.6 Å². The number of amides is 1. The predicted molar refractivity (Wildman–Crippen MR) is 62.1 cm³/mol. The molecule has 100 valence electrons. The molecule has 0 aromatic carbocycles. The number of alkyl halides is 2. The third-order valence-electron chi connectivity index (χ3n) is 3.40. The van der Waals surface area contributed by atoms with Gasteiger partial charge in [0.1, 0.15) is 0 Å². The van der Waals surface area contributed by atoms with Gasteiger partial charge in [0, 0.05) is 36.6 Å². The molecule has 1 aromatic rings. The molecule has 1 aromatic heterocycles. The molecule has 2 N–H and O–H groups in total. The van der Waals surface area contributed by atoms with E-state index in [1.54, 1.807) is 6.20 Å². The van der Waals surface area contributed by atoms with Crippen molar-refractivity contribution in [3.63, 3.8) is 0 Å². The Hall–Kier alpha value is -1.46. The first-order valence-corrected chi connectivity index (χ1v) is 6.12. The van der Waals surface area contributed by atoms with Gasteiger partial charge in [-0.3, -0.25) is 9.89 Å². The largest absolute Gasteiger partial charge is 0.352 e. The molecule has 1 saturated carbocycles. The van der Waals surface area contributed by atoms with Crippen molar-refractivity contribution in [3.8, 4) is 0 Å². The Bertz CT molecular complexity index is 431. The summed E-state index contributed by atoms with van der Waals surface area (Å²) in [6.07, 6.45) is 2.16. The smallest absolute Gasteiger partial charge is 0.248 e. The monoisotopic (exact) mass is 257 g/mol. The van der Waals surface area contributed by atoms with E-state index >= 15 is 0 Å². The van der Waals surface area contributed by atoms with Crippen LogP contribution in [0.2, 0.25) is 0 Å². The van der Waals surface area contributed by atoms with Crippen LogP contribution in [-0.4, -0.2) is 22.0 Å². The number of carbonyl (C=O) groups is 1. The van der Waals surface area contributed by atoms with Gasteiger partial charge in [-0.15, -0.1) is 0 Å². The van der Waals surface area contributed by atoms with Crippen molar-refractivity contribution in [1.29, 1.82) is 0 Å². The van der Waals surface area contributed by atoms with E-state index in [0.29, 0.717) is 19.4 Å². The standard InChI is InChI=1S/C12H17F2N3O/c1-8-10(7-16-17-8)6-15-11(18)9-3-2-4-12(13,14)5-9/h7,9H,2-6H2,1H3,(H,15,18)(H,16,17). The SMILES string of the molecule is Cc1[nH]ncc1CNC(=O)C1CCCC(F)(F)C1. The molecular formula is C12H17F2N3O. The van der Waals surface area contributed by atoms with Gasteiger partial charge in [-0.25, -0.2) is 8.78 Å². The molecule has 2 rings (SSSR count). The summed E-state index contributed by atoms with van der Waals surface area (Å²) in [7, 11) is 0. The highest BCUT2D eigenvalue weighted by atomic mass is 19.3. The summed E-state index contributed by atoms with van der Waals surface area (Å²) >= 11 is 0. The van der Waals surface area contributed by atoms with Crippen LogP contribution in [0.4, 0.5) is 8.78 Å². The van der Waals surface area contributed by atoms with Gasteiger partial charge in [-0.1, -0.05) is 0 Å². The van der Waals surface area contributed by atoms with Gasteiger partial charge in [0.25, 0.3) is 0 Å². The van der Waals surface area contributed by atoms with Gasteiger partial charge < -0.3 is 5.32 Å². The van der Waals surface area contributed by atoms with E-state index in [2.05, 4.69) is 15.5 Å². The number of aryl methyl sites for hydroxylation is 1. The van der Waals surface area contributed by atoms with Gasteiger partial charge in [0.2, 0.25) is 11.8 Å². The second-order valence-corrected chi connectivity index (χ2v) is 4.89. The van der Waals surface area contributed by atoms with E-state index in [1.165, 1.54) is 0 Å². The zero-order chi connectivity index (χ0) is 13.2. The molecule has 0 bridgehead atoms. The van der Waals surface area contributed by atoms with Crippen LogP contribution in [0.25, 0.3) is 0 Å².